The van der Waals surface area contributed by atoms with Crippen LogP contribution in [-0.4, -0.2) is 24.5 Å². The van der Waals surface area contributed by atoms with Crippen LogP contribution in [0.2, 0.25) is 5.02 Å². The van der Waals surface area contributed by atoms with E-state index in [-0.39, 0.29) is 17.5 Å². The van der Waals surface area contributed by atoms with Crippen molar-refractivity contribution in [3.63, 3.8) is 0 Å². The van der Waals surface area contributed by atoms with E-state index in [9.17, 15) is 8.42 Å². The Kier molecular flexibility index (Phi) is 5.13. The molecule has 132 valence electrons. The zero-order chi connectivity index (χ0) is 18.0. The second-order valence-corrected chi connectivity index (χ2v) is 8.29. The van der Waals surface area contributed by atoms with Crippen molar-refractivity contribution in [2.75, 3.05) is 6.54 Å². The highest BCUT2D eigenvalue weighted by Gasteiger charge is 2.16. The maximum absolute atomic E-state index is 12.4. The van der Waals surface area contributed by atoms with Crippen LogP contribution < -0.4 is 4.72 Å². The van der Waals surface area contributed by atoms with E-state index in [1.54, 1.807) is 12.1 Å². The van der Waals surface area contributed by atoms with E-state index in [1.807, 2.05) is 24.3 Å². The van der Waals surface area contributed by atoms with Crippen LogP contribution in [0.25, 0.3) is 11.0 Å². The van der Waals surface area contributed by atoms with Crippen LogP contribution in [0.3, 0.4) is 0 Å². The van der Waals surface area contributed by atoms with Crippen molar-refractivity contribution < 1.29 is 8.42 Å². The first kappa shape index (κ1) is 17.9. The summed E-state index contributed by atoms with van der Waals surface area (Å²) in [6, 6.07) is 14.4. The van der Waals surface area contributed by atoms with Gasteiger partial charge in [0.2, 0.25) is 10.0 Å². The molecule has 0 amide bonds. The minimum absolute atomic E-state index is 0.164. The molecule has 0 aliphatic carbocycles. The number of para-hydroxylation sites is 2. The van der Waals surface area contributed by atoms with Crippen molar-refractivity contribution in [2.24, 2.45) is 0 Å². The van der Waals surface area contributed by atoms with Gasteiger partial charge in [0, 0.05) is 24.0 Å². The molecule has 0 spiro atoms. The molecular weight excluding hydrogens is 358 g/mol. The monoisotopic (exact) mass is 377 g/mol. The molecule has 3 rings (SSSR count). The molecule has 0 aliphatic heterocycles. The van der Waals surface area contributed by atoms with Crippen molar-refractivity contribution >= 4 is 32.7 Å². The minimum Gasteiger partial charge on any atom is -0.325 e. The van der Waals surface area contributed by atoms with E-state index in [1.165, 1.54) is 12.1 Å². The third-order valence-electron chi connectivity index (χ3n) is 3.93. The summed E-state index contributed by atoms with van der Waals surface area (Å²) in [5.41, 5.74) is 1.98. The molecular formula is C18H20ClN3O2S. The lowest BCUT2D eigenvalue weighted by Crippen LogP contribution is -2.27. The van der Waals surface area contributed by atoms with E-state index in [0.29, 0.717) is 11.4 Å². The predicted molar refractivity (Wildman–Crippen MR) is 100 cm³/mol. The number of benzene rings is 2. The van der Waals surface area contributed by atoms with Crippen LogP contribution in [0, 0.1) is 0 Å². The maximum atomic E-state index is 12.4. The van der Waals surface area contributed by atoms with Crippen molar-refractivity contribution in [3.05, 3.63) is 59.4 Å². The number of rotatable bonds is 6. The smallest absolute Gasteiger partial charge is 0.240 e. The standard InChI is InChI=1S/C18H20ClN3O2S/c1-13(2)22-17-9-4-3-8-16(17)21-18(22)10-11-20-25(23,24)15-7-5-6-14(19)12-15/h3-9,12-13,20H,10-11H2,1-2H3. The number of imidazole rings is 1. The summed E-state index contributed by atoms with van der Waals surface area (Å²) >= 11 is 5.88. The number of nitrogens with one attached hydrogen (secondary N) is 1. The lowest BCUT2D eigenvalue weighted by molar-refractivity contribution is 0.567. The minimum atomic E-state index is -3.59. The quantitative estimate of drug-likeness (QED) is 0.710. The topological polar surface area (TPSA) is 64.0 Å². The Labute approximate surface area is 152 Å². The molecule has 0 saturated carbocycles. The third-order valence-corrected chi connectivity index (χ3v) is 5.63. The fraction of sp³-hybridized carbons (Fsp3) is 0.278. The first-order chi connectivity index (χ1) is 11.9. The van der Waals surface area contributed by atoms with Gasteiger partial charge in [-0.25, -0.2) is 18.1 Å². The number of hydrogen-bond donors (Lipinski definition) is 1. The second-order valence-electron chi connectivity index (χ2n) is 6.09. The summed E-state index contributed by atoms with van der Waals surface area (Å²) in [6.45, 7) is 4.45. The molecule has 2 aromatic carbocycles. The lowest BCUT2D eigenvalue weighted by atomic mass is 10.3. The van der Waals surface area contributed by atoms with Crippen LogP contribution in [0.1, 0.15) is 25.7 Å². The van der Waals surface area contributed by atoms with Gasteiger partial charge >= 0.3 is 0 Å². The Morgan fingerprint density at radius 2 is 1.92 bits per heavy atom. The molecule has 1 aromatic heterocycles. The van der Waals surface area contributed by atoms with Gasteiger partial charge in [0.1, 0.15) is 5.82 Å². The number of fused-ring (bicyclic) bond motifs is 1. The van der Waals surface area contributed by atoms with E-state index < -0.39 is 10.0 Å². The SMILES string of the molecule is CC(C)n1c(CCNS(=O)(=O)c2cccc(Cl)c2)nc2ccccc21. The summed E-state index contributed by atoms with van der Waals surface area (Å²) in [7, 11) is -3.59. The zero-order valence-corrected chi connectivity index (χ0v) is 15.7. The number of sulfonamides is 1. The highest BCUT2D eigenvalue weighted by molar-refractivity contribution is 7.89. The van der Waals surface area contributed by atoms with Gasteiger partial charge in [0.05, 0.1) is 15.9 Å². The summed E-state index contributed by atoms with van der Waals surface area (Å²) in [4.78, 5) is 4.81. The highest BCUT2D eigenvalue weighted by Crippen LogP contribution is 2.21. The van der Waals surface area contributed by atoms with Crippen LogP contribution in [0.5, 0.6) is 0 Å². The molecule has 3 aromatic rings. The molecule has 0 bridgehead atoms. The average molecular weight is 378 g/mol. The Bertz CT molecular complexity index is 996. The van der Waals surface area contributed by atoms with Crippen LogP contribution in [0.4, 0.5) is 0 Å². The second kappa shape index (κ2) is 7.15. The first-order valence-electron chi connectivity index (χ1n) is 8.09. The largest absolute Gasteiger partial charge is 0.325 e. The van der Waals surface area contributed by atoms with Crippen LogP contribution >= 0.6 is 11.6 Å². The number of hydrogen-bond acceptors (Lipinski definition) is 3. The van der Waals surface area contributed by atoms with Gasteiger partial charge in [-0.15, -0.1) is 0 Å². The number of nitrogens with zero attached hydrogens (tertiary/aromatic N) is 2. The maximum Gasteiger partial charge on any atom is 0.240 e. The zero-order valence-electron chi connectivity index (χ0n) is 14.1. The van der Waals surface area contributed by atoms with E-state index in [0.717, 1.165) is 16.9 Å². The van der Waals surface area contributed by atoms with E-state index in [2.05, 4.69) is 28.1 Å². The van der Waals surface area contributed by atoms with Gasteiger partial charge < -0.3 is 4.57 Å². The van der Waals surface area contributed by atoms with Crippen molar-refractivity contribution in [2.45, 2.75) is 31.2 Å². The molecule has 5 nitrogen and oxygen atoms in total. The average Bonchev–Trinajstić information content (AvgIpc) is 2.93. The van der Waals surface area contributed by atoms with Gasteiger partial charge in [-0.3, -0.25) is 0 Å². The van der Waals surface area contributed by atoms with Crippen molar-refractivity contribution in [1.82, 2.24) is 14.3 Å². The number of halogens is 1. The molecule has 1 heterocycles. The Hall–Kier alpha value is -1.89. The molecule has 0 unspecified atom stereocenters. The van der Waals surface area contributed by atoms with Crippen molar-refractivity contribution in [1.29, 1.82) is 0 Å². The van der Waals surface area contributed by atoms with Crippen molar-refractivity contribution in [3.8, 4) is 0 Å². The fourth-order valence-electron chi connectivity index (χ4n) is 2.86. The van der Waals surface area contributed by atoms with Crippen LogP contribution in [-0.2, 0) is 16.4 Å². The normalized spacial score (nSPS) is 12.2. The van der Waals surface area contributed by atoms with E-state index in [4.69, 9.17) is 11.6 Å². The predicted octanol–water partition coefficient (Wildman–Crippen LogP) is 3.79. The fourth-order valence-corrected chi connectivity index (χ4v) is 4.19. The van der Waals surface area contributed by atoms with Gasteiger partial charge in [-0.1, -0.05) is 29.8 Å². The van der Waals surface area contributed by atoms with Crippen LogP contribution in [0.15, 0.2) is 53.4 Å². The molecule has 0 aliphatic rings. The third kappa shape index (κ3) is 3.86. The molecule has 7 heteroatoms. The van der Waals surface area contributed by atoms with Gasteiger partial charge in [0.15, 0.2) is 0 Å². The Balaban J connectivity index is 1.78. The summed E-state index contributed by atoms with van der Waals surface area (Å²) < 4.78 is 29.5. The Morgan fingerprint density at radius 3 is 2.64 bits per heavy atom. The summed E-state index contributed by atoms with van der Waals surface area (Å²) in [5, 5.41) is 0.393. The summed E-state index contributed by atoms with van der Waals surface area (Å²) in [5.74, 6) is 0.866. The Morgan fingerprint density at radius 1 is 1.16 bits per heavy atom. The molecule has 0 saturated heterocycles. The lowest BCUT2D eigenvalue weighted by Gasteiger charge is -2.13. The van der Waals surface area contributed by atoms with Gasteiger partial charge in [-0.2, -0.15) is 0 Å². The van der Waals surface area contributed by atoms with Gasteiger partial charge in [0.25, 0.3) is 0 Å². The number of aromatic nitrogens is 2. The first-order valence-corrected chi connectivity index (χ1v) is 9.95. The van der Waals surface area contributed by atoms with Gasteiger partial charge in [-0.05, 0) is 44.2 Å². The molecule has 1 N–H and O–H groups in total. The highest BCUT2D eigenvalue weighted by atomic mass is 35.5. The van der Waals surface area contributed by atoms with E-state index >= 15 is 0 Å². The molecule has 25 heavy (non-hydrogen) atoms. The molecule has 0 fully saturated rings. The molecule has 0 radical (unpaired) electrons. The molecule has 0 atom stereocenters. The summed E-state index contributed by atoms with van der Waals surface area (Å²) in [6.07, 6.45) is 0.507.